The van der Waals surface area contributed by atoms with Gasteiger partial charge in [-0.15, -0.1) is 0 Å². The SMILES string of the molecule is Nc1cc(CCCNC(=O)C2CCN(c3cc(F)cc(F)c3)C2=O)nn1-c1ccccc1. The van der Waals surface area contributed by atoms with Gasteiger partial charge in [-0.25, -0.2) is 13.5 Å². The van der Waals surface area contributed by atoms with Crippen LogP contribution in [-0.4, -0.2) is 34.7 Å². The number of nitrogens with two attached hydrogens (primary N) is 1. The lowest BCUT2D eigenvalue weighted by atomic mass is 10.1. The highest BCUT2D eigenvalue weighted by molar-refractivity contribution is 6.09. The quantitative estimate of drug-likeness (QED) is 0.437. The number of nitrogens with zero attached hydrogens (tertiary/aromatic N) is 3. The van der Waals surface area contributed by atoms with Crippen LogP contribution in [-0.2, 0) is 16.0 Å². The van der Waals surface area contributed by atoms with Crippen LogP contribution in [0.4, 0.5) is 20.3 Å². The Kier molecular flexibility index (Phi) is 6.16. The number of anilines is 2. The molecular weight excluding hydrogens is 416 g/mol. The van der Waals surface area contributed by atoms with Crippen molar-refractivity contribution in [3.05, 3.63) is 71.9 Å². The number of aromatic nitrogens is 2. The van der Waals surface area contributed by atoms with E-state index >= 15 is 0 Å². The molecule has 32 heavy (non-hydrogen) atoms. The molecule has 1 unspecified atom stereocenters. The first-order valence-corrected chi connectivity index (χ1v) is 10.4. The fourth-order valence-corrected chi connectivity index (χ4v) is 3.82. The molecule has 1 fully saturated rings. The van der Waals surface area contributed by atoms with Gasteiger partial charge in [0.2, 0.25) is 11.8 Å². The maximum atomic E-state index is 13.5. The van der Waals surface area contributed by atoms with E-state index in [1.807, 2.05) is 30.3 Å². The summed E-state index contributed by atoms with van der Waals surface area (Å²) in [5, 5.41) is 7.27. The Morgan fingerprint density at radius 3 is 2.53 bits per heavy atom. The molecular formula is C23H23F2N5O2. The van der Waals surface area contributed by atoms with E-state index in [4.69, 9.17) is 5.73 Å². The van der Waals surface area contributed by atoms with Crippen molar-refractivity contribution in [3.8, 4) is 5.69 Å². The zero-order chi connectivity index (χ0) is 22.7. The Morgan fingerprint density at radius 2 is 1.81 bits per heavy atom. The third-order valence-corrected chi connectivity index (χ3v) is 5.38. The zero-order valence-electron chi connectivity index (χ0n) is 17.3. The first kappa shape index (κ1) is 21.5. The van der Waals surface area contributed by atoms with Gasteiger partial charge in [-0.05, 0) is 43.5 Å². The molecule has 1 aliphatic rings. The van der Waals surface area contributed by atoms with E-state index in [0.29, 0.717) is 31.6 Å². The maximum Gasteiger partial charge on any atom is 0.239 e. The average Bonchev–Trinajstić information content (AvgIpc) is 3.33. The number of nitrogen functional groups attached to an aromatic ring is 1. The first-order chi connectivity index (χ1) is 15.4. The van der Waals surface area contributed by atoms with Gasteiger partial charge in [0, 0.05) is 30.9 Å². The number of para-hydroxylation sites is 1. The molecule has 1 atom stereocenters. The second kappa shape index (κ2) is 9.17. The minimum absolute atomic E-state index is 0.120. The summed E-state index contributed by atoms with van der Waals surface area (Å²) in [6.07, 6.45) is 1.52. The van der Waals surface area contributed by atoms with Crippen LogP contribution < -0.4 is 16.0 Å². The Bertz CT molecular complexity index is 1110. The van der Waals surface area contributed by atoms with Crippen LogP contribution in [0.5, 0.6) is 0 Å². The van der Waals surface area contributed by atoms with E-state index in [0.717, 1.165) is 29.6 Å². The van der Waals surface area contributed by atoms with Crippen molar-refractivity contribution < 1.29 is 18.4 Å². The highest BCUT2D eigenvalue weighted by atomic mass is 19.1. The molecule has 3 aromatic rings. The van der Waals surface area contributed by atoms with Crippen LogP contribution in [0.25, 0.3) is 5.69 Å². The number of nitrogens with one attached hydrogen (secondary N) is 1. The molecule has 4 rings (SSSR count). The number of rotatable bonds is 7. The number of carbonyl (C=O) groups excluding carboxylic acids is 2. The van der Waals surface area contributed by atoms with Gasteiger partial charge >= 0.3 is 0 Å². The molecule has 3 N–H and O–H groups in total. The van der Waals surface area contributed by atoms with Crippen molar-refractivity contribution in [2.75, 3.05) is 23.7 Å². The number of amides is 2. The fourth-order valence-electron chi connectivity index (χ4n) is 3.82. The molecule has 1 aromatic heterocycles. The van der Waals surface area contributed by atoms with Crippen molar-refractivity contribution in [1.82, 2.24) is 15.1 Å². The summed E-state index contributed by atoms with van der Waals surface area (Å²) in [6.45, 7) is 0.602. The Hall–Kier alpha value is -3.75. The van der Waals surface area contributed by atoms with Crippen LogP contribution in [0.2, 0.25) is 0 Å². The lowest BCUT2D eigenvalue weighted by Gasteiger charge is -2.17. The summed E-state index contributed by atoms with van der Waals surface area (Å²) in [4.78, 5) is 26.3. The summed E-state index contributed by atoms with van der Waals surface area (Å²) >= 11 is 0. The van der Waals surface area contributed by atoms with Crippen molar-refractivity contribution in [2.45, 2.75) is 19.3 Å². The number of halogens is 2. The molecule has 7 nitrogen and oxygen atoms in total. The Balaban J connectivity index is 1.28. The number of aryl methyl sites for hydroxylation is 1. The van der Waals surface area contributed by atoms with Gasteiger partial charge in [-0.1, -0.05) is 18.2 Å². The van der Waals surface area contributed by atoms with Crippen LogP contribution >= 0.6 is 0 Å². The van der Waals surface area contributed by atoms with E-state index in [-0.39, 0.29) is 18.1 Å². The predicted molar refractivity (Wildman–Crippen MR) is 116 cm³/mol. The number of hydrogen-bond donors (Lipinski definition) is 2. The summed E-state index contributed by atoms with van der Waals surface area (Å²) in [6, 6.07) is 14.3. The number of carbonyl (C=O) groups is 2. The van der Waals surface area contributed by atoms with Crippen molar-refractivity contribution in [3.63, 3.8) is 0 Å². The minimum atomic E-state index is -0.866. The van der Waals surface area contributed by atoms with Gasteiger partial charge in [-0.2, -0.15) is 5.10 Å². The van der Waals surface area contributed by atoms with Gasteiger partial charge in [0.05, 0.1) is 11.4 Å². The third-order valence-electron chi connectivity index (χ3n) is 5.38. The first-order valence-electron chi connectivity index (χ1n) is 10.4. The van der Waals surface area contributed by atoms with E-state index in [1.54, 1.807) is 10.7 Å². The van der Waals surface area contributed by atoms with Gasteiger partial charge in [0.1, 0.15) is 23.4 Å². The Labute approximate surface area is 183 Å². The molecule has 0 aliphatic carbocycles. The van der Waals surface area contributed by atoms with Crippen LogP contribution in [0.1, 0.15) is 18.5 Å². The number of hydrogen-bond acceptors (Lipinski definition) is 4. The topological polar surface area (TPSA) is 93.2 Å². The summed E-state index contributed by atoms with van der Waals surface area (Å²) in [5.41, 5.74) is 7.84. The third kappa shape index (κ3) is 4.61. The lowest BCUT2D eigenvalue weighted by Crippen LogP contribution is -2.37. The van der Waals surface area contributed by atoms with Crippen molar-refractivity contribution in [1.29, 1.82) is 0 Å². The molecule has 0 saturated carbocycles. The molecule has 0 radical (unpaired) electrons. The normalized spacial score (nSPS) is 15.9. The second-order valence-electron chi connectivity index (χ2n) is 7.66. The summed E-state index contributed by atoms with van der Waals surface area (Å²) in [7, 11) is 0. The van der Waals surface area contributed by atoms with Gasteiger partial charge in [0.25, 0.3) is 0 Å². The fraction of sp³-hybridized carbons (Fsp3) is 0.261. The van der Waals surface area contributed by atoms with Crippen molar-refractivity contribution >= 4 is 23.3 Å². The van der Waals surface area contributed by atoms with Gasteiger partial charge in [-0.3, -0.25) is 9.59 Å². The molecule has 9 heteroatoms. The molecule has 2 amide bonds. The molecule has 2 heterocycles. The van der Waals surface area contributed by atoms with E-state index in [9.17, 15) is 18.4 Å². The second-order valence-corrected chi connectivity index (χ2v) is 7.66. The smallest absolute Gasteiger partial charge is 0.239 e. The molecule has 1 aliphatic heterocycles. The molecule has 0 spiro atoms. The van der Waals surface area contributed by atoms with Gasteiger partial charge < -0.3 is 16.0 Å². The standard InChI is InChI=1S/C23H23F2N5O2/c24-15-11-16(25)13-19(12-15)29-10-8-20(23(29)32)22(31)27-9-4-5-17-14-21(26)30(28-17)18-6-2-1-3-7-18/h1-3,6-7,11-14,20H,4-5,8-10,26H2,(H,27,31). The van der Waals surface area contributed by atoms with Crippen LogP contribution in [0.15, 0.2) is 54.6 Å². The summed E-state index contributed by atoms with van der Waals surface area (Å²) in [5.74, 6) is -2.72. The zero-order valence-corrected chi connectivity index (χ0v) is 17.3. The van der Waals surface area contributed by atoms with E-state index in [1.165, 1.54) is 4.90 Å². The summed E-state index contributed by atoms with van der Waals surface area (Å²) < 4.78 is 28.6. The maximum absolute atomic E-state index is 13.5. The van der Waals surface area contributed by atoms with Crippen molar-refractivity contribution in [2.24, 2.45) is 5.92 Å². The molecule has 166 valence electrons. The molecule has 2 aromatic carbocycles. The number of benzene rings is 2. The van der Waals surface area contributed by atoms with Crippen LogP contribution in [0, 0.1) is 17.6 Å². The Morgan fingerprint density at radius 1 is 1.09 bits per heavy atom. The van der Waals surface area contributed by atoms with Crippen LogP contribution in [0.3, 0.4) is 0 Å². The molecule has 0 bridgehead atoms. The predicted octanol–water partition coefficient (Wildman–Crippen LogP) is 2.83. The van der Waals surface area contributed by atoms with E-state index < -0.39 is 23.5 Å². The monoisotopic (exact) mass is 439 g/mol. The van der Waals surface area contributed by atoms with Gasteiger partial charge in [0.15, 0.2) is 0 Å². The molecule has 1 saturated heterocycles. The highest BCUT2D eigenvalue weighted by Gasteiger charge is 2.37. The highest BCUT2D eigenvalue weighted by Crippen LogP contribution is 2.27. The van der Waals surface area contributed by atoms with E-state index in [2.05, 4.69) is 10.4 Å². The minimum Gasteiger partial charge on any atom is -0.384 e. The largest absolute Gasteiger partial charge is 0.384 e. The lowest BCUT2D eigenvalue weighted by molar-refractivity contribution is -0.132. The average molecular weight is 439 g/mol.